The lowest BCUT2D eigenvalue weighted by Crippen LogP contribution is -2.15. The highest BCUT2D eigenvalue weighted by Gasteiger charge is 2.10. The molecule has 0 aliphatic heterocycles. The molecule has 0 bridgehead atoms. The van der Waals surface area contributed by atoms with E-state index in [9.17, 15) is 4.79 Å². The van der Waals surface area contributed by atoms with Crippen molar-refractivity contribution in [3.63, 3.8) is 0 Å². The van der Waals surface area contributed by atoms with E-state index < -0.39 is 5.97 Å². The van der Waals surface area contributed by atoms with E-state index in [1.165, 1.54) is 13.0 Å². The SMILES string of the molecule is COc1ccc(CNCc2nc(C=C(C)C(=O)O)nc3ccc(Cl)cc23)cc1Cl. The van der Waals surface area contributed by atoms with E-state index in [0.717, 1.165) is 16.6 Å². The van der Waals surface area contributed by atoms with Crippen LogP contribution in [0.25, 0.3) is 17.0 Å². The van der Waals surface area contributed by atoms with Crippen LogP contribution in [0.2, 0.25) is 10.0 Å². The van der Waals surface area contributed by atoms with Crippen molar-refractivity contribution >= 4 is 46.2 Å². The summed E-state index contributed by atoms with van der Waals surface area (Å²) in [6.07, 6.45) is 1.45. The Kier molecular flexibility index (Phi) is 6.69. The van der Waals surface area contributed by atoms with Crippen molar-refractivity contribution in [2.75, 3.05) is 7.11 Å². The van der Waals surface area contributed by atoms with Gasteiger partial charge in [0, 0.05) is 29.1 Å². The molecule has 29 heavy (non-hydrogen) atoms. The van der Waals surface area contributed by atoms with Gasteiger partial charge in [0.05, 0.1) is 23.3 Å². The van der Waals surface area contributed by atoms with Gasteiger partial charge in [-0.25, -0.2) is 14.8 Å². The first-order valence-electron chi connectivity index (χ1n) is 8.78. The zero-order valence-electron chi connectivity index (χ0n) is 15.9. The van der Waals surface area contributed by atoms with Crippen LogP contribution in [0.3, 0.4) is 0 Å². The second kappa shape index (κ2) is 9.22. The minimum absolute atomic E-state index is 0.157. The molecule has 0 aliphatic rings. The average molecular weight is 432 g/mol. The molecule has 0 unspecified atom stereocenters. The van der Waals surface area contributed by atoms with Gasteiger partial charge in [-0.15, -0.1) is 0 Å². The van der Waals surface area contributed by atoms with E-state index in [0.29, 0.717) is 40.2 Å². The molecular weight excluding hydrogens is 413 g/mol. The third-order valence-electron chi connectivity index (χ3n) is 4.27. The maximum absolute atomic E-state index is 11.1. The fraction of sp³-hybridized carbons (Fsp3) is 0.190. The Morgan fingerprint density at radius 1 is 1.17 bits per heavy atom. The minimum atomic E-state index is -1.01. The summed E-state index contributed by atoms with van der Waals surface area (Å²) in [7, 11) is 1.57. The zero-order valence-corrected chi connectivity index (χ0v) is 17.4. The molecule has 0 amide bonds. The van der Waals surface area contributed by atoms with Gasteiger partial charge < -0.3 is 15.2 Å². The Hall–Kier alpha value is -2.67. The molecule has 1 aromatic heterocycles. The van der Waals surface area contributed by atoms with Gasteiger partial charge in [-0.05, 0) is 48.9 Å². The molecule has 1 heterocycles. The number of methoxy groups -OCH3 is 1. The Morgan fingerprint density at radius 2 is 1.97 bits per heavy atom. The van der Waals surface area contributed by atoms with Crippen LogP contribution < -0.4 is 10.1 Å². The lowest BCUT2D eigenvalue weighted by Gasteiger charge is -2.10. The maximum Gasteiger partial charge on any atom is 0.331 e. The molecule has 0 spiro atoms. The molecule has 2 aromatic carbocycles. The van der Waals surface area contributed by atoms with Gasteiger partial charge in [0.2, 0.25) is 0 Å². The van der Waals surface area contributed by atoms with Crippen molar-refractivity contribution in [3.05, 3.63) is 69.1 Å². The zero-order chi connectivity index (χ0) is 21.0. The smallest absolute Gasteiger partial charge is 0.331 e. The normalized spacial score (nSPS) is 11.7. The number of aliphatic carboxylic acids is 1. The van der Waals surface area contributed by atoms with Crippen molar-refractivity contribution in [1.29, 1.82) is 0 Å². The van der Waals surface area contributed by atoms with Crippen LogP contribution in [0.15, 0.2) is 42.0 Å². The Balaban J connectivity index is 1.86. The number of hydrogen-bond acceptors (Lipinski definition) is 5. The number of carbonyl (C=O) groups is 1. The number of halogens is 2. The molecule has 0 saturated carbocycles. The Morgan fingerprint density at radius 3 is 2.66 bits per heavy atom. The summed E-state index contributed by atoms with van der Waals surface area (Å²) in [6, 6.07) is 10.9. The fourth-order valence-corrected chi connectivity index (χ4v) is 3.24. The standard InChI is InChI=1S/C21H19Cl2N3O3/c1-12(21(27)28)7-20-25-17-5-4-14(22)9-15(17)18(26-20)11-24-10-13-3-6-19(29-2)16(23)8-13/h3-9,24H,10-11H2,1-2H3,(H,27,28). The first-order chi connectivity index (χ1) is 13.9. The van der Waals surface area contributed by atoms with Crippen LogP contribution in [0.4, 0.5) is 0 Å². The topological polar surface area (TPSA) is 84.3 Å². The van der Waals surface area contributed by atoms with E-state index in [4.69, 9.17) is 33.0 Å². The molecule has 0 aliphatic carbocycles. The van der Waals surface area contributed by atoms with E-state index in [2.05, 4.69) is 15.3 Å². The van der Waals surface area contributed by atoms with Crippen LogP contribution in [-0.2, 0) is 17.9 Å². The van der Waals surface area contributed by atoms with Gasteiger partial charge in [0.25, 0.3) is 0 Å². The molecule has 3 aromatic rings. The molecule has 2 N–H and O–H groups in total. The first-order valence-corrected chi connectivity index (χ1v) is 9.54. The number of fused-ring (bicyclic) bond motifs is 1. The van der Waals surface area contributed by atoms with Gasteiger partial charge >= 0.3 is 5.97 Å². The number of benzene rings is 2. The lowest BCUT2D eigenvalue weighted by atomic mass is 10.1. The van der Waals surface area contributed by atoms with E-state index >= 15 is 0 Å². The summed E-state index contributed by atoms with van der Waals surface area (Å²) < 4.78 is 5.17. The van der Waals surface area contributed by atoms with Crippen LogP contribution >= 0.6 is 23.2 Å². The average Bonchev–Trinajstić information content (AvgIpc) is 2.68. The number of carboxylic acids is 1. The number of nitrogens with one attached hydrogen (secondary N) is 1. The lowest BCUT2D eigenvalue weighted by molar-refractivity contribution is -0.132. The van der Waals surface area contributed by atoms with Crippen molar-refractivity contribution in [1.82, 2.24) is 15.3 Å². The van der Waals surface area contributed by atoms with Crippen molar-refractivity contribution in [3.8, 4) is 5.75 Å². The fourth-order valence-electron chi connectivity index (χ4n) is 2.78. The summed E-state index contributed by atoms with van der Waals surface area (Å²) >= 11 is 12.3. The second-order valence-corrected chi connectivity index (χ2v) is 7.24. The second-order valence-electron chi connectivity index (χ2n) is 6.39. The van der Waals surface area contributed by atoms with Crippen molar-refractivity contribution < 1.29 is 14.6 Å². The summed E-state index contributed by atoms with van der Waals surface area (Å²) in [5.74, 6) is -0.0537. The van der Waals surface area contributed by atoms with Gasteiger partial charge in [-0.1, -0.05) is 29.3 Å². The van der Waals surface area contributed by atoms with E-state index in [1.54, 1.807) is 25.3 Å². The molecule has 150 valence electrons. The molecule has 0 fully saturated rings. The number of aromatic nitrogens is 2. The Bertz CT molecular complexity index is 1100. The van der Waals surface area contributed by atoms with Crippen LogP contribution in [-0.4, -0.2) is 28.2 Å². The maximum atomic E-state index is 11.1. The van der Waals surface area contributed by atoms with E-state index in [1.807, 2.05) is 18.2 Å². The largest absolute Gasteiger partial charge is 0.495 e. The molecule has 0 atom stereocenters. The van der Waals surface area contributed by atoms with Crippen molar-refractivity contribution in [2.24, 2.45) is 0 Å². The monoisotopic (exact) mass is 431 g/mol. The quantitative estimate of drug-likeness (QED) is 0.526. The van der Waals surface area contributed by atoms with Gasteiger partial charge in [-0.3, -0.25) is 0 Å². The van der Waals surface area contributed by atoms with Gasteiger partial charge in [0.1, 0.15) is 5.75 Å². The van der Waals surface area contributed by atoms with Crippen LogP contribution in [0.1, 0.15) is 24.0 Å². The third kappa shape index (κ3) is 5.23. The number of carboxylic acid groups (broad SMARTS) is 1. The van der Waals surface area contributed by atoms with Crippen LogP contribution in [0.5, 0.6) is 5.75 Å². The summed E-state index contributed by atoms with van der Waals surface area (Å²) in [5, 5.41) is 14.4. The molecule has 8 heteroatoms. The summed E-state index contributed by atoms with van der Waals surface area (Å²) in [6.45, 7) is 2.51. The summed E-state index contributed by atoms with van der Waals surface area (Å²) in [4.78, 5) is 20.1. The third-order valence-corrected chi connectivity index (χ3v) is 4.81. The Labute approximate surface area is 178 Å². The minimum Gasteiger partial charge on any atom is -0.495 e. The van der Waals surface area contributed by atoms with Gasteiger partial charge in [0.15, 0.2) is 5.82 Å². The molecule has 3 rings (SSSR count). The van der Waals surface area contributed by atoms with Crippen molar-refractivity contribution in [2.45, 2.75) is 20.0 Å². The number of rotatable bonds is 7. The molecule has 0 radical (unpaired) electrons. The number of ether oxygens (including phenoxy) is 1. The highest BCUT2D eigenvalue weighted by Crippen LogP contribution is 2.25. The molecule has 6 nitrogen and oxygen atoms in total. The predicted molar refractivity (Wildman–Crippen MR) is 114 cm³/mol. The predicted octanol–water partition coefficient (Wildman–Crippen LogP) is 4.72. The molecule has 0 saturated heterocycles. The number of hydrogen-bond donors (Lipinski definition) is 2. The highest BCUT2D eigenvalue weighted by atomic mass is 35.5. The highest BCUT2D eigenvalue weighted by molar-refractivity contribution is 6.32. The van der Waals surface area contributed by atoms with E-state index in [-0.39, 0.29) is 5.57 Å². The summed E-state index contributed by atoms with van der Waals surface area (Å²) in [5.41, 5.74) is 2.57. The number of nitrogens with zero attached hydrogens (tertiary/aromatic N) is 2. The van der Waals surface area contributed by atoms with Crippen LogP contribution in [0, 0.1) is 0 Å². The molecular formula is C21H19Cl2N3O3. The first kappa shape index (κ1) is 21.0. The van der Waals surface area contributed by atoms with Gasteiger partial charge in [-0.2, -0.15) is 0 Å².